The number of nitrogens with zero attached hydrogens (tertiary/aromatic N) is 2. The van der Waals surface area contributed by atoms with E-state index in [0.717, 1.165) is 34.5 Å². The molecule has 0 saturated heterocycles. The lowest BCUT2D eigenvalue weighted by molar-refractivity contribution is -0.422. The van der Waals surface area contributed by atoms with E-state index >= 15 is 0 Å². The first kappa shape index (κ1) is 17.3. The Morgan fingerprint density at radius 1 is 1.22 bits per heavy atom. The lowest BCUT2D eigenvalue weighted by Crippen LogP contribution is -2.05. The van der Waals surface area contributed by atoms with E-state index < -0.39 is 0 Å². The molecule has 1 aromatic heterocycles. The van der Waals surface area contributed by atoms with E-state index in [2.05, 4.69) is 4.57 Å². The van der Waals surface area contributed by atoms with Gasteiger partial charge in [-0.2, -0.15) is 0 Å². The molecule has 5 heteroatoms. The summed E-state index contributed by atoms with van der Waals surface area (Å²) in [6, 6.07) is 18.1. The van der Waals surface area contributed by atoms with Crippen LogP contribution in [0.4, 0.5) is 0 Å². The summed E-state index contributed by atoms with van der Waals surface area (Å²) in [5, 5.41) is 12.1. The van der Waals surface area contributed by atoms with Crippen molar-refractivity contribution in [3.05, 3.63) is 81.7 Å². The van der Waals surface area contributed by atoms with Crippen LogP contribution >= 0.6 is 0 Å². The van der Waals surface area contributed by atoms with Crippen molar-refractivity contribution in [2.45, 2.75) is 32.9 Å². The van der Waals surface area contributed by atoms with Crippen LogP contribution in [0, 0.1) is 16.0 Å². The Morgan fingerprint density at radius 3 is 2.70 bits per heavy atom. The number of rotatable bonds is 7. The van der Waals surface area contributed by atoms with Gasteiger partial charge in [-0.05, 0) is 36.5 Å². The zero-order valence-corrected chi connectivity index (χ0v) is 15.3. The maximum Gasteiger partial charge on any atom is 0.245 e. The molecule has 3 aromatic rings. The third-order valence-corrected chi connectivity index (χ3v) is 4.93. The van der Waals surface area contributed by atoms with E-state index in [0.29, 0.717) is 12.5 Å². The standard InChI is InChI=1S/C22H22N2O3/c1-16(24(25)26)12-20-13-19-8-5-9-21(22(19)23(20)14-17-10-11-17)27-15-18-6-3-2-4-7-18/h2-9,12-13,17H,10-11,14-15H2,1H3/b16-12+. The molecule has 1 fully saturated rings. The lowest BCUT2D eigenvalue weighted by Gasteiger charge is -2.13. The third-order valence-electron chi connectivity index (χ3n) is 4.93. The van der Waals surface area contributed by atoms with Crippen LogP contribution in [-0.2, 0) is 13.2 Å². The molecule has 4 rings (SSSR count). The van der Waals surface area contributed by atoms with Crippen LogP contribution in [0.2, 0.25) is 0 Å². The molecule has 5 nitrogen and oxygen atoms in total. The molecule has 138 valence electrons. The Morgan fingerprint density at radius 2 is 2.00 bits per heavy atom. The molecule has 0 atom stereocenters. The summed E-state index contributed by atoms with van der Waals surface area (Å²) in [6.07, 6.45) is 4.08. The highest BCUT2D eigenvalue weighted by atomic mass is 16.6. The first-order valence-electron chi connectivity index (χ1n) is 9.23. The summed E-state index contributed by atoms with van der Waals surface area (Å²) in [4.78, 5) is 10.8. The molecular formula is C22H22N2O3. The van der Waals surface area contributed by atoms with Crippen LogP contribution < -0.4 is 4.74 Å². The molecule has 1 saturated carbocycles. The van der Waals surface area contributed by atoms with Gasteiger partial charge in [-0.25, -0.2) is 0 Å². The molecular weight excluding hydrogens is 340 g/mol. The maximum atomic E-state index is 11.1. The number of ether oxygens (including phenoxy) is 1. The molecule has 0 amide bonds. The Hall–Kier alpha value is -3.08. The van der Waals surface area contributed by atoms with Crippen molar-refractivity contribution >= 4 is 17.0 Å². The van der Waals surface area contributed by atoms with Crippen molar-refractivity contribution in [2.75, 3.05) is 0 Å². The monoisotopic (exact) mass is 362 g/mol. The third kappa shape index (κ3) is 3.87. The zero-order chi connectivity index (χ0) is 18.8. The summed E-state index contributed by atoms with van der Waals surface area (Å²) < 4.78 is 8.32. The first-order chi connectivity index (χ1) is 13.1. The van der Waals surface area contributed by atoms with Gasteiger partial charge in [0, 0.05) is 30.6 Å². The van der Waals surface area contributed by atoms with Crippen molar-refractivity contribution in [1.82, 2.24) is 4.57 Å². The first-order valence-corrected chi connectivity index (χ1v) is 9.23. The highest BCUT2D eigenvalue weighted by Crippen LogP contribution is 2.36. The zero-order valence-electron chi connectivity index (χ0n) is 15.3. The van der Waals surface area contributed by atoms with E-state index in [1.54, 1.807) is 6.08 Å². The van der Waals surface area contributed by atoms with Gasteiger partial charge >= 0.3 is 0 Å². The van der Waals surface area contributed by atoms with E-state index in [1.807, 2.05) is 54.6 Å². The fourth-order valence-electron chi connectivity index (χ4n) is 3.30. The number of aromatic nitrogens is 1. The van der Waals surface area contributed by atoms with Crippen molar-refractivity contribution in [2.24, 2.45) is 5.92 Å². The predicted octanol–water partition coefficient (Wildman–Crippen LogP) is 5.27. The van der Waals surface area contributed by atoms with E-state index in [-0.39, 0.29) is 10.6 Å². The van der Waals surface area contributed by atoms with Gasteiger partial charge in [-0.1, -0.05) is 42.5 Å². The van der Waals surface area contributed by atoms with Crippen LogP contribution in [0.1, 0.15) is 31.0 Å². The summed E-state index contributed by atoms with van der Waals surface area (Å²) >= 11 is 0. The van der Waals surface area contributed by atoms with Gasteiger partial charge in [-0.3, -0.25) is 10.1 Å². The molecule has 2 aromatic carbocycles. The molecule has 0 N–H and O–H groups in total. The maximum absolute atomic E-state index is 11.1. The molecule has 0 spiro atoms. The summed E-state index contributed by atoms with van der Waals surface area (Å²) in [6.45, 7) is 2.89. The van der Waals surface area contributed by atoms with Crippen molar-refractivity contribution in [3.63, 3.8) is 0 Å². The van der Waals surface area contributed by atoms with Crippen LogP contribution in [0.3, 0.4) is 0 Å². The highest BCUT2D eigenvalue weighted by Gasteiger charge is 2.24. The molecule has 0 bridgehead atoms. The largest absolute Gasteiger partial charge is 0.487 e. The molecule has 1 aliphatic carbocycles. The highest BCUT2D eigenvalue weighted by molar-refractivity contribution is 5.89. The van der Waals surface area contributed by atoms with Gasteiger partial charge in [0.1, 0.15) is 12.4 Å². The Balaban J connectivity index is 1.74. The van der Waals surface area contributed by atoms with Crippen LogP contribution in [0.25, 0.3) is 17.0 Å². The lowest BCUT2D eigenvalue weighted by atomic mass is 10.2. The number of hydrogen-bond acceptors (Lipinski definition) is 3. The van der Waals surface area contributed by atoms with Gasteiger partial charge in [-0.15, -0.1) is 0 Å². The molecule has 0 radical (unpaired) electrons. The van der Waals surface area contributed by atoms with Gasteiger partial charge < -0.3 is 9.30 Å². The Kier molecular flexibility index (Phi) is 4.67. The van der Waals surface area contributed by atoms with Crippen molar-refractivity contribution in [3.8, 4) is 5.75 Å². The quantitative estimate of drug-likeness (QED) is 0.425. The average Bonchev–Trinajstić information content (AvgIpc) is 3.42. The fourth-order valence-corrected chi connectivity index (χ4v) is 3.30. The molecule has 0 unspecified atom stereocenters. The van der Waals surface area contributed by atoms with Gasteiger partial charge in [0.15, 0.2) is 0 Å². The molecule has 1 aliphatic rings. The van der Waals surface area contributed by atoms with Crippen LogP contribution in [-0.4, -0.2) is 9.49 Å². The molecule has 1 heterocycles. The van der Waals surface area contributed by atoms with Gasteiger partial charge in [0.2, 0.25) is 5.70 Å². The smallest absolute Gasteiger partial charge is 0.245 e. The van der Waals surface area contributed by atoms with Crippen molar-refractivity contribution in [1.29, 1.82) is 0 Å². The van der Waals surface area contributed by atoms with Crippen LogP contribution in [0.15, 0.2) is 60.3 Å². The van der Waals surface area contributed by atoms with Gasteiger partial charge in [0.05, 0.1) is 10.4 Å². The second kappa shape index (κ2) is 7.27. The van der Waals surface area contributed by atoms with E-state index in [4.69, 9.17) is 4.74 Å². The van der Waals surface area contributed by atoms with Gasteiger partial charge in [0.25, 0.3) is 0 Å². The number of benzene rings is 2. The topological polar surface area (TPSA) is 57.3 Å². The second-order valence-corrected chi connectivity index (χ2v) is 7.13. The predicted molar refractivity (Wildman–Crippen MR) is 106 cm³/mol. The molecule has 27 heavy (non-hydrogen) atoms. The number of para-hydroxylation sites is 1. The second-order valence-electron chi connectivity index (χ2n) is 7.13. The van der Waals surface area contributed by atoms with Crippen LogP contribution in [0.5, 0.6) is 5.75 Å². The van der Waals surface area contributed by atoms with E-state index in [9.17, 15) is 10.1 Å². The Labute approximate surface area is 158 Å². The fraction of sp³-hybridized carbons (Fsp3) is 0.273. The Bertz CT molecular complexity index is 1000. The average molecular weight is 362 g/mol. The minimum atomic E-state index is -0.341. The molecule has 0 aliphatic heterocycles. The summed E-state index contributed by atoms with van der Waals surface area (Å²) in [5.41, 5.74) is 3.13. The van der Waals surface area contributed by atoms with E-state index in [1.165, 1.54) is 19.8 Å². The SMILES string of the molecule is C/C(=C\c1cc2cccc(OCc3ccccc3)c2n1CC1CC1)[N+](=O)[O-]. The van der Waals surface area contributed by atoms with Crippen molar-refractivity contribution < 1.29 is 9.66 Å². The normalized spacial score (nSPS) is 14.5. The number of allylic oxidation sites excluding steroid dienone is 1. The minimum Gasteiger partial charge on any atom is -0.487 e. The number of fused-ring (bicyclic) bond motifs is 1. The summed E-state index contributed by atoms with van der Waals surface area (Å²) in [5.74, 6) is 1.46. The summed E-state index contributed by atoms with van der Waals surface area (Å²) in [7, 11) is 0. The number of hydrogen-bond donors (Lipinski definition) is 0. The minimum absolute atomic E-state index is 0.140. The number of nitro groups is 1.